The van der Waals surface area contributed by atoms with Crippen LogP contribution in [0.25, 0.3) is 0 Å². The first-order chi connectivity index (χ1) is 8.15. The first-order valence-corrected chi connectivity index (χ1v) is 7.17. The van der Waals surface area contributed by atoms with E-state index in [4.69, 9.17) is 0 Å². The largest absolute Gasteiger partial charge is 0.316 e. The van der Waals surface area contributed by atoms with Crippen LogP contribution in [-0.2, 0) is 0 Å². The smallest absolute Gasteiger partial charge is 0.0195 e. The number of hydrogen-bond acceptors (Lipinski definition) is 2. The molecular formula is C15H23NS. The van der Waals surface area contributed by atoms with Gasteiger partial charge in [0, 0.05) is 16.7 Å². The van der Waals surface area contributed by atoms with E-state index in [0.29, 0.717) is 6.04 Å². The Bertz CT molecular complexity index is 360. The predicted molar refractivity (Wildman–Crippen MR) is 78.8 cm³/mol. The Hall–Kier alpha value is -0.730. The lowest BCUT2D eigenvalue weighted by atomic mass is 10.1. The Morgan fingerprint density at radius 2 is 2.24 bits per heavy atom. The fourth-order valence-corrected chi connectivity index (χ4v) is 2.76. The number of thioether (sulfide) groups is 1. The highest BCUT2D eigenvalue weighted by molar-refractivity contribution is 7.99. The number of nitrogens with one attached hydrogen (secondary N) is 1. The van der Waals surface area contributed by atoms with Gasteiger partial charge in [0.15, 0.2) is 0 Å². The monoisotopic (exact) mass is 249 g/mol. The Labute approximate surface area is 110 Å². The summed E-state index contributed by atoms with van der Waals surface area (Å²) in [4.78, 5) is 1.35. The van der Waals surface area contributed by atoms with Crippen molar-refractivity contribution < 1.29 is 0 Å². The average molecular weight is 249 g/mol. The number of rotatable bonds is 7. The number of aryl methyl sites for hydroxylation is 1. The summed E-state index contributed by atoms with van der Waals surface area (Å²) >= 11 is 1.92. The second-order valence-electron chi connectivity index (χ2n) is 4.42. The molecule has 1 rings (SSSR count). The molecule has 0 amide bonds. The van der Waals surface area contributed by atoms with Crippen LogP contribution in [-0.4, -0.2) is 18.8 Å². The van der Waals surface area contributed by atoms with Crippen molar-refractivity contribution in [1.82, 2.24) is 5.32 Å². The number of hydrogen-bond donors (Lipinski definition) is 1. The molecule has 0 aliphatic carbocycles. The summed E-state index contributed by atoms with van der Waals surface area (Å²) in [5.74, 6) is 1.10. The summed E-state index contributed by atoms with van der Waals surface area (Å²) in [7, 11) is 2.03. The van der Waals surface area contributed by atoms with Gasteiger partial charge < -0.3 is 5.32 Å². The van der Waals surface area contributed by atoms with Crippen molar-refractivity contribution in [2.45, 2.75) is 37.6 Å². The molecule has 0 aliphatic heterocycles. The summed E-state index contributed by atoms with van der Waals surface area (Å²) in [6.07, 6.45) is 2.15. The van der Waals surface area contributed by atoms with Gasteiger partial charge in [-0.25, -0.2) is 0 Å². The van der Waals surface area contributed by atoms with Crippen molar-refractivity contribution in [2.75, 3.05) is 12.8 Å². The van der Waals surface area contributed by atoms with E-state index in [2.05, 4.69) is 50.0 Å². The maximum atomic E-state index is 4.08. The normalized spacial score (nSPS) is 12.4. The molecule has 0 heterocycles. The topological polar surface area (TPSA) is 12.0 Å². The molecule has 17 heavy (non-hydrogen) atoms. The first-order valence-electron chi connectivity index (χ1n) is 6.19. The molecule has 0 bridgehead atoms. The molecule has 0 radical (unpaired) electrons. The Morgan fingerprint density at radius 3 is 2.82 bits per heavy atom. The van der Waals surface area contributed by atoms with Crippen LogP contribution in [0, 0.1) is 6.92 Å². The standard InChI is InChI=1S/C15H23NS/c1-5-12(2)9-14(16-4)11-17-15-8-6-7-13(3)10-15/h6-8,10,14,16H,2,5,9,11H2,1,3-4H3. The molecule has 1 atom stereocenters. The van der Waals surface area contributed by atoms with Crippen molar-refractivity contribution >= 4 is 11.8 Å². The quantitative estimate of drug-likeness (QED) is 0.578. The highest BCUT2D eigenvalue weighted by atomic mass is 32.2. The zero-order valence-corrected chi connectivity index (χ0v) is 11.9. The molecule has 94 valence electrons. The number of benzene rings is 1. The molecule has 0 aromatic heterocycles. The molecule has 1 nitrogen and oxygen atoms in total. The predicted octanol–water partition coefficient (Wildman–Crippen LogP) is 4.03. The first kappa shape index (κ1) is 14.3. The van der Waals surface area contributed by atoms with E-state index in [1.165, 1.54) is 16.0 Å². The summed E-state index contributed by atoms with van der Waals surface area (Å²) in [5.41, 5.74) is 2.66. The van der Waals surface area contributed by atoms with Crippen molar-refractivity contribution in [3.63, 3.8) is 0 Å². The molecular weight excluding hydrogens is 226 g/mol. The summed E-state index contributed by atoms with van der Waals surface area (Å²) < 4.78 is 0. The Balaban J connectivity index is 2.44. The lowest BCUT2D eigenvalue weighted by molar-refractivity contribution is 0.607. The van der Waals surface area contributed by atoms with Crippen molar-refractivity contribution in [3.8, 4) is 0 Å². The minimum absolute atomic E-state index is 0.521. The van der Waals surface area contributed by atoms with E-state index >= 15 is 0 Å². The van der Waals surface area contributed by atoms with Gasteiger partial charge in [-0.15, -0.1) is 11.8 Å². The van der Waals surface area contributed by atoms with Crippen LogP contribution in [0.5, 0.6) is 0 Å². The zero-order valence-electron chi connectivity index (χ0n) is 11.1. The Kier molecular flexibility index (Phi) is 6.38. The van der Waals surface area contributed by atoms with Crippen LogP contribution < -0.4 is 5.32 Å². The van der Waals surface area contributed by atoms with Gasteiger partial charge in [-0.1, -0.05) is 36.8 Å². The second kappa shape index (κ2) is 7.57. The maximum absolute atomic E-state index is 4.08. The SMILES string of the molecule is C=C(CC)CC(CSc1cccc(C)c1)NC. The lowest BCUT2D eigenvalue weighted by Gasteiger charge is -2.16. The van der Waals surface area contributed by atoms with Gasteiger partial charge in [-0.3, -0.25) is 0 Å². The summed E-state index contributed by atoms with van der Waals surface area (Å²) in [6.45, 7) is 8.39. The second-order valence-corrected chi connectivity index (χ2v) is 5.51. The van der Waals surface area contributed by atoms with Crippen LogP contribution in [0.2, 0.25) is 0 Å². The van der Waals surface area contributed by atoms with E-state index in [0.717, 1.165) is 18.6 Å². The molecule has 0 aliphatic rings. The van der Waals surface area contributed by atoms with E-state index < -0.39 is 0 Å². The summed E-state index contributed by atoms with van der Waals surface area (Å²) in [6, 6.07) is 9.20. The van der Waals surface area contributed by atoms with Crippen molar-refractivity contribution in [3.05, 3.63) is 42.0 Å². The minimum atomic E-state index is 0.521. The van der Waals surface area contributed by atoms with Gasteiger partial charge in [0.2, 0.25) is 0 Å². The molecule has 2 heteroatoms. The van der Waals surface area contributed by atoms with E-state index in [-0.39, 0.29) is 0 Å². The molecule has 1 unspecified atom stereocenters. The van der Waals surface area contributed by atoms with Gasteiger partial charge in [-0.2, -0.15) is 0 Å². The van der Waals surface area contributed by atoms with Crippen LogP contribution in [0.1, 0.15) is 25.3 Å². The maximum Gasteiger partial charge on any atom is 0.0195 e. The lowest BCUT2D eigenvalue weighted by Crippen LogP contribution is -2.28. The van der Waals surface area contributed by atoms with Crippen LogP contribution in [0.4, 0.5) is 0 Å². The minimum Gasteiger partial charge on any atom is -0.316 e. The third kappa shape index (κ3) is 5.42. The van der Waals surface area contributed by atoms with Crippen LogP contribution in [0.3, 0.4) is 0 Å². The molecule has 1 aromatic rings. The average Bonchev–Trinajstić information content (AvgIpc) is 2.34. The summed E-state index contributed by atoms with van der Waals surface area (Å²) in [5, 5.41) is 3.37. The highest BCUT2D eigenvalue weighted by Crippen LogP contribution is 2.21. The molecule has 0 fully saturated rings. The highest BCUT2D eigenvalue weighted by Gasteiger charge is 2.07. The van der Waals surface area contributed by atoms with Gasteiger partial charge in [0.05, 0.1) is 0 Å². The van der Waals surface area contributed by atoms with Gasteiger partial charge in [0.25, 0.3) is 0 Å². The molecule has 1 aromatic carbocycles. The van der Waals surface area contributed by atoms with E-state index in [9.17, 15) is 0 Å². The fraction of sp³-hybridized carbons (Fsp3) is 0.467. The van der Waals surface area contributed by atoms with Gasteiger partial charge >= 0.3 is 0 Å². The van der Waals surface area contributed by atoms with E-state index in [1.54, 1.807) is 0 Å². The van der Waals surface area contributed by atoms with Crippen molar-refractivity contribution in [2.24, 2.45) is 0 Å². The molecule has 0 saturated carbocycles. The van der Waals surface area contributed by atoms with Gasteiger partial charge in [-0.05, 0) is 38.9 Å². The third-order valence-corrected chi connectivity index (χ3v) is 4.04. The fourth-order valence-electron chi connectivity index (χ4n) is 1.64. The van der Waals surface area contributed by atoms with Crippen LogP contribution >= 0.6 is 11.8 Å². The van der Waals surface area contributed by atoms with Crippen LogP contribution in [0.15, 0.2) is 41.3 Å². The van der Waals surface area contributed by atoms with Gasteiger partial charge in [0.1, 0.15) is 0 Å². The zero-order chi connectivity index (χ0) is 12.7. The molecule has 0 spiro atoms. The van der Waals surface area contributed by atoms with Crippen molar-refractivity contribution in [1.29, 1.82) is 0 Å². The Morgan fingerprint density at radius 1 is 1.47 bits per heavy atom. The molecule has 1 N–H and O–H groups in total. The molecule has 0 saturated heterocycles. The van der Waals surface area contributed by atoms with E-state index in [1.807, 2.05) is 18.8 Å². The third-order valence-electron chi connectivity index (χ3n) is 2.88.